The maximum absolute atomic E-state index is 9.67. The van der Waals surface area contributed by atoms with Gasteiger partial charge in [0.05, 0.1) is 17.5 Å². The quantitative estimate of drug-likeness (QED) is 0.219. The van der Waals surface area contributed by atoms with E-state index in [0.29, 0.717) is 23.0 Å². The van der Waals surface area contributed by atoms with Crippen molar-refractivity contribution in [1.82, 2.24) is 0 Å². The summed E-state index contributed by atoms with van der Waals surface area (Å²) in [7, 11) is 0. The molecule has 0 aliphatic carbocycles. The van der Waals surface area contributed by atoms with Crippen molar-refractivity contribution in [3.63, 3.8) is 0 Å². The van der Waals surface area contributed by atoms with Crippen molar-refractivity contribution >= 4 is 33.7 Å². The number of phenols is 1. The number of hydrazine groups is 1. The van der Waals surface area contributed by atoms with Gasteiger partial charge < -0.3 is 10.9 Å². The molecule has 17 heavy (non-hydrogen) atoms. The van der Waals surface area contributed by atoms with E-state index in [-0.39, 0.29) is 11.6 Å². The number of hydrazone groups is 1. The zero-order valence-electron chi connectivity index (χ0n) is 9.10. The summed E-state index contributed by atoms with van der Waals surface area (Å²) in [5, 5.41) is 22.6. The van der Waals surface area contributed by atoms with Crippen LogP contribution in [0.1, 0.15) is 12.0 Å². The average Bonchev–Trinajstić information content (AvgIpc) is 2.31. The van der Waals surface area contributed by atoms with Crippen LogP contribution in [0.4, 0.5) is 5.69 Å². The van der Waals surface area contributed by atoms with E-state index in [0.717, 1.165) is 0 Å². The summed E-state index contributed by atoms with van der Waals surface area (Å²) in [6, 6.07) is 4.82. The van der Waals surface area contributed by atoms with Gasteiger partial charge in [-0.25, -0.2) is 5.84 Å². The van der Waals surface area contributed by atoms with E-state index in [4.69, 9.17) is 17.1 Å². The smallest absolute Gasteiger partial charge is 0.126 e. The minimum atomic E-state index is 0.0128. The number of aromatic hydroxyl groups is 1. The molecule has 0 aliphatic rings. The maximum Gasteiger partial charge on any atom is 0.126 e. The number of anilines is 1. The monoisotopic (exact) mass is 299 g/mol. The van der Waals surface area contributed by atoms with Crippen LogP contribution in [0, 0.1) is 5.41 Å². The van der Waals surface area contributed by atoms with Gasteiger partial charge in [0.25, 0.3) is 0 Å². The molecule has 6 nitrogen and oxygen atoms in total. The summed E-state index contributed by atoms with van der Waals surface area (Å²) in [6.07, 6.45) is 1.78. The lowest BCUT2D eigenvalue weighted by molar-refractivity contribution is 0.474. The lowest BCUT2D eigenvalue weighted by atomic mass is 10.1. The molecule has 0 saturated carbocycles. The first-order valence-electron chi connectivity index (χ1n) is 4.85. The number of hydrogen-bond acceptors (Lipinski definition) is 5. The second-order valence-electron chi connectivity index (χ2n) is 3.24. The molecule has 0 radical (unpaired) electrons. The maximum atomic E-state index is 9.67. The number of alkyl halides is 1. The predicted molar refractivity (Wildman–Crippen MR) is 72.7 cm³/mol. The number of nitrogens with two attached hydrogens (primary N) is 2. The number of rotatable bonds is 4. The third-order valence-electron chi connectivity index (χ3n) is 2.15. The highest BCUT2D eigenvalue weighted by atomic mass is 79.9. The summed E-state index contributed by atoms with van der Waals surface area (Å²) >= 11 is 3.24. The lowest BCUT2D eigenvalue weighted by Gasteiger charge is -2.21. The highest BCUT2D eigenvalue weighted by Gasteiger charge is 2.13. The van der Waals surface area contributed by atoms with Crippen LogP contribution in [0.5, 0.6) is 5.75 Å². The molecular formula is C10H14BrN5O. The predicted octanol–water partition coefficient (Wildman–Crippen LogP) is 1.13. The fraction of sp³-hybridized carbons (Fsp3) is 0.200. The van der Waals surface area contributed by atoms with Gasteiger partial charge in [-0.15, -0.1) is 0 Å². The average molecular weight is 300 g/mol. The zero-order chi connectivity index (χ0) is 12.8. The molecule has 0 spiro atoms. The van der Waals surface area contributed by atoms with Gasteiger partial charge in [0.15, 0.2) is 0 Å². The van der Waals surface area contributed by atoms with Gasteiger partial charge in [-0.2, -0.15) is 5.10 Å². The standard InChI is InChI=1S/C10H14BrN5O/c11-5-4-10(12)16(14)8-2-1-3-9(17)7(8)6-15-13/h1-3,6,12,17H,4-5,13-14H2. The number of phenolic OH excluding ortho intramolecular Hbond substituents is 1. The van der Waals surface area contributed by atoms with Crippen LogP contribution in [0.3, 0.4) is 0 Å². The first-order valence-corrected chi connectivity index (χ1v) is 5.97. The largest absolute Gasteiger partial charge is 0.507 e. The van der Waals surface area contributed by atoms with Crippen molar-refractivity contribution in [3.05, 3.63) is 23.8 Å². The first-order chi connectivity index (χ1) is 8.11. The highest BCUT2D eigenvalue weighted by molar-refractivity contribution is 9.09. The van der Waals surface area contributed by atoms with Gasteiger partial charge >= 0.3 is 0 Å². The summed E-state index contributed by atoms with van der Waals surface area (Å²) in [5.74, 6) is 11.1. The lowest BCUT2D eigenvalue weighted by Crippen LogP contribution is -2.37. The van der Waals surface area contributed by atoms with E-state index in [1.54, 1.807) is 12.1 Å². The first kappa shape index (κ1) is 13.5. The number of nitrogens with zero attached hydrogens (tertiary/aromatic N) is 2. The molecule has 0 amide bonds. The molecule has 0 aliphatic heterocycles. The summed E-state index contributed by atoms with van der Waals surface area (Å²) in [4.78, 5) is 0. The van der Waals surface area contributed by atoms with Crippen molar-refractivity contribution < 1.29 is 5.11 Å². The highest BCUT2D eigenvalue weighted by Crippen LogP contribution is 2.25. The molecule has 0 aromatic heterocycles. The van der Waals surface area contributed by atoms with E-state index in [1.165, 1.54) is 17.3 Å². The van der Waals surface area contributed by atoms with Crippen molar-refractivity contribution in [1.29, 1.82) is 5.41 Å². The normalized spacial score (nSPS) is 10.7. The fourth-order valence-electron chi connectivity index (χ4n) is 1.31. The molecule has 0 unspecified atom stereocenters. The number of benzene rings is 1. The van der Waals surface area contributed by atoms with E-state index in [1.807, 2.05) is 0 Å². The van der Waals surface area contributed by atoms with Crippen LogP contribution in [0.15, 0.2) is 23.3 Å². The van der Waals surface area contributed by atoms with Gasteiger partial charge in [-0.05, 0) is 12.1 Å². The number of hydrogen-bond donors (Lipinski definition) is 4. The molecule has 7 heteroatoms. The Morgan fingerprint density at radius 3 is 2.88 bits per heavy atom. The van der Waals surface area contributed by atoms with Gasteiger partial charge in [0.1, 0.15) is 11.6 Å². The number of halogens is 1. The molecule has 6 N–H and O–H groups in total. The molecule has 92 valence electrons. The second kappa shape index (κ2) is 6.21. The van der Waals surface area contributed by atoms with Crippen LogP contribution in [-0.4, -0.2) is 22.5 Å². The molecule has 1 aromatic carbocycles. The Morgan fingerprint density at radius 2 is 2.29 bits per heavy atom. The minimum absolute atomic E-state index is 0.0128. The van der Waals surface area contributed by atoms with Crippen LogP contribution < -0.4 is 16.7 Å². The van der Waals surface area contributed by atoms with Crippen molar-refractivity contribution in [2.75, 3.05) is 10.3 Å². The van der Waals surface area contributed by atoms with E-state index in [2.05, 4.69) is 21.0 Å². The van der Waals surface area contributed by atoms with Crippen LogP contribution >= 0.6 is 15.9 Å². The Morgan fingerprint density at radius 1 is 1.59 bits per heavy atom. The van der Waals surface area contributed by atoms with Crippen LogP contribution in [-0.2, 0) is 0 Å². The second-order valence-corrected chi connectivity index (χ2v) is 4.04. The van der Waals surface area contributed by atoms with E-state index >= 15 is 0 Å². The minimum Gasteiger partial charge on any atom is -0.507 e. The summed E-state index contributed by atoms with van der Waals surface area (Å²) in [5.41, 5.74) is 0.863. The third-order valence-corrected chi connectivity index (χ3v) is 2.54. The van der Waals surface area contributed by atoms with E-state index in [9.17, 15) is 5.11 Å². The summed E-state index contributed by atoms with van der Waals surface area (Å²) in [6.45, 7) is 0. The van der Waals surface area contributed by atoms with Gasteiger partial charge in [-0.1, -0.05) is 22.0 Å². The number of amidine groups is 1. The Labute approximate surface area is 108 Å². The zero-order valence-corrected chi connectivity index (χ0v) is 10.7. The van der Waals surface area contributed by atoms with Crippen molar-refractivity contribution in [3.8, 4) is 5.75 Å². The Kier molecular flexibility index (Phi) is 4.92. The molecule has 0 bridgehead atoms. The van der Waals surface area contributed by atoms with Gasteiger partial charge in [-0.3, -0.25) is 10.4 Å². The molecule has 1 aromatic rings. The molecule has 0 atom stereocenters. The molecule has 0 saturated heterocycles. The Hall–Kier alpha value is -1.60. The van der Waals surface area contributed by atoms with Crippen LogP contribution in [0.25, 0.3) is 0 Å². The van der Waals surface area contributed by atoms with Crippen LogP contribution in [0.2, 0.25) is 0 Å². The Balaban J connectivity index is 3.12. The molecule has 0 heterocycles. The molecule has 0 fully saturated rings. The van der Waals surface area contributed by atoms with Gasteiger partial charge in [0, 0.05) is 11.8 Å². The van der Waals surface area contributed by atoms with Crippen molar-refractivity contribution in [2.24, 2.45) is 16.8 Å². The summed E-state index contributed by atoms with van der Waals surface area (Å²) < 4.78 is 0. The third kappa shape index (κ3) is 3.18. The Bertz CT molecular complexity index is 435. The van der Waals surface area contributed by atoms with E-state index < -0.39 is 0 Å². The fourth-order valence-corrected chi connectivity index (χ4v) is 1.69. The topological polar surface area (TPSA) is 112 Å². The van der Waals surface area contributed by atoms with Crippen molar-refractivity contribution in [2.45, 2.75) is 6.42 Å². The SMILES string of the molecule is N=C(CCBr)N(N)c1cccc(O)c1C=NN. The number of nitrogens with one attached hydrogen (secondary N) is 1. The molecular weight excluding hydrogens is 286 g/mol. The van der Waals surface area contributed by atoms with Gasteiger partial charge in [0.2, 0.25) is 0 Å². The molecule has 1 rings (SSSR count).